The van der Waals surface area contributed by atoms with E-state index in [-0.39, 0.29) is 10.4 Å². The topological polar surface area (TPSA) is 72.2 Å². The minimum absolute atomic E-state index is 0.0813. The number of rotatable bonds is 3. The minimum atomic E-state index is -0.979. The van der Waals surface area contributed by atoms with Crippen molar-refractivity contribution >= 4 is 17.3 Å². The smallest absolute Gasteiger partial charge is 0.347 e. The van der Waals surface area contributed by atoms with Gasteiger partial charge in [0.25, 0.3) is 5.56 Å². The first-order chi connectivity index (χ1) is 8.49. The zero-order valence-corrected chi connectivity index (χ0v) is 10.8. The molecule has 0 fully saturated rings. The van der Waals surface area contributed by atoms with Crippen LogP contribution in [0.4, 0.5) is 0 Å². The summed E-state index contributed by atoms with van der Waals surface area (Å²) in [4.78, 5) is 27.1. The van der Waals surface area contributed by atoms with Gasteiger partial charge >= 0.3 is 5.97 Å². The highest BCUT2D eigenvalue weighted by molar-refractivity contribution is 7.13. The highest BCUT2D eigenvalue weighted by Crippen LogP contribution is 2.18. The van der Waals surface area contributed by atoms with Crippen molar-refractivity contribution in [1.29, 1.82) is 0 Å². The van der Waals surface area contributed by atoms with E-state index < -0.39 is 5.97 Å². The second kappa shape index (κ2) is 4.73. The molecular weight excluding hydrogens is 252 g/mol. The van der Waals surface area contributed by atoms with Crippen molar-refractivity contribution in [3.05, 3.63) is 49.8 Å². The van der Waals surface area contributed by atoms with Gasteiger partial charge in [-0.3, -0.25) is 4.79 Å². The number of carboxylic acid groups (broad SMARTS) is 1. The molecule has 0 radical (unpaired) electrons. The van der Waals surface area contributed by atoms with Gasteiger partial charge in [-0.2, -0.15) is 0 Å². The van der Waals surface area contributed by atoms with E-state index in [4.69, 9.17) is 5.11 Å². The summed E-state index contributed by atoms with van der Waals surface area (Å²) in [5, 5.41) is 9.57. The molecule has 0 amide bonds. The van der Waals surface area contributed by atoms with Crippen LogP contribution in [0.15, 0.2) is 23.1 Å². The molecule has 0 aliphatic rings. The number of aromatic carboxylic acids is 1. The van der Waals surface area contributed by atoms with Gasteiger partial charge in [0.1, 0.15) is 9.88 Å². The van der Waals surface area contributed by atoms with Gasteiger partial charge in [0.2, 0.25) is 0 Å². The Morgan fingerprint density at radius 3 is 2.83 bits per heavy atom. The largest absolute Gasteiger partial charge is 0.477 e. The monoisotopic (exact) mass is 264 g/mol. The number of thiazole rings is 1. The molecule has 0 bridgehead atoms. The van der Waals surface area contributed by atoms with Gasteiger partial charge in [0, 0.05) is 11.8 Å². The van der Waals surface area contributed by atoms with Crippen molar-refractivity contribution in [3.63, 3.8) is 0 Å². The molecule has 1 N–H and O–H groups in total. The van der Waals surface area contributed by atoms with Crippen molar-refractivity contribution in [3.8, 4) is 0 Å². The second-order valence-corrected chi connectivity index (χ2v) is 5.04. The molecule has 6 heteroatoms. The molecule has 2 aromatic rings. The molecule has 0 saturated carbocycles. The summed E-state index contributed by atoms with van der Waals surface area (Å²) in [6.45, 7) is 3.70. The van der Waals surface area contributed by atoms with Crippen LogP contribution < -0.4 is 5.56 Å². The third-order valence-electron chi connectivity index (χ3n) is 2.55. The lowest BCUT2D eigenvalue weighted by atomic mass is 10.3. The van der Waals surface area contributed by atoms with E-state index in [1.54, 1.807) is 32.2 Å². The molecule has 94 valence electrons. The van der Waals surface area contributed by atoms with Crippen molar-refractivity contribution in [2.24, 2.45) is 0 Å². The van der Waals surface area contributed by atoms with Crippen LogP contribution in [0, 0.1) is 13.8 Å². The summed E-state index contributed by atoms with van der Waals surface area (Å²) >= 11 is 1.11. The molecular formula is C12H12N2O3S. The minimum Gasteiger partial charge on any atom is -0.477 e. The number of nitrogens with zero attached hydrogens (tertiary/aromatic N) is 2. The van der Waals surface area contributed by atoms with Crippen molar-refractivity contribution in [2.45, 2.75) is 20.4 Å². The molecule has 0 saturated heterocycles. The van der Waals surface area contributed by atoms with E-state index in [0.29, 0.717) is 22.8 Å². The standard InChI is InChI=1S/C12H12N2O3S/c1-7-4-3-5-14(11(7)15)6-9-13-8(2)10(18-9)12(16)17/h3-5H,6H2,1-2H3,(H,16,17). The van der Waals surface area contributed by atoms with Crippen LogP contribution in [0.3, 0.4) is 0 Å². The Hall–Kier alpha value is -1.95. The molecule has 0 spiro atoms. The van der Waals surface area contributed by atoms with Crippen LogP contribution in [0.5, 0.6) is 0 Å². The van der Waals surface area contributed by atoms with Crippen LogP contribution in [0.25, 0.3) is 0 Å². The number of aryl methyl sites for hydroxylation is 2. The fourth-order valence-corrected chi connectivity index (χ4v) is 2.55. The predicted molar refractivity (Wildman–Crippen MR) is 68.4 cm³/mol. The Bertz CT molecular complexity index is 658. The molecule has 0 aliphatic carbocycles. The molecule has 0 aliphatic heterocycles. The molecule has 0 unspecified atom stereocenters. The predicted octanol–water partition coefficient (Wildman–Crippen LogP) is 1.67. The summed E-state index contributed by atoms with van der Waals surface area (Å²) in [6.07, 6.45) is 1.67. The SMILES string of the molecule is Cc1nc(Cn2cccc(C)c2=O)sc1C(=O)O. The Kier molecular flexibility index (Phi) is 3.29. The van der Waals surface area contributed by atoms with Gasteiger partial charge < -0.3 is 9.67 Å². The first-order valence-electron chi connectivity index (χ1n) is 5.34. The fraction of sp³-hybridized carbons (Fsp3) is 0.250. The summed E-state index contributed by atoms with van der Waals surface area (Å²) in [5.74, 6) is -0.979. The molecule has 2 rings (SSSR count). The van der Waals surface area contributed by atoms with Gasteiger partial charge in [-0.15, -0.1) is 11.3 Å². The fourth-order valence-electron chi connectivity index (χ4n) is 1.65. The Morgan fingerprint density at radius 1 is 1.50 bits per heavy atom. The van der Waals surface area contributed by atoms with Gasteiger partial charge in [0.15, 0.2) is 0 Å². The number of aromatic nitrogens is 2. The Balaban J connectivity index is 2.35. The van der Waals surface area contributed by atoms with E-state index in [9.17, 15) is 9.59 Å². The van der Waals surface area contributed by atoms with Crippen molar-refractivity contribution in [2.75, 3.05) is 0 Å². The van der Waals surface area contributed by atoms with Crippen molar-refractivity contribution < 1.29 is 9.90 Å². The van der Waals surface area contributed by atoms with Gasteiger partial charge in [-0.05, 0) is 19.9 Å². The maximum Gasteiger partial charge on any atom is 0.347 e. The molecule has 5 nitrogen and oxygen atoms in total. The van der Waals surface area contributed by atoms with Crippen molar-refractivity contribution in [1.82, 2.24) is 9.55 Å². The zero-order chi connectivity index (χ0) is 13.3. The zero-order valence-electron chi connectivity index (χ0n) is 10.0. The molecule has 2 heterocycles. The Morgan fingerprint density at radius 2 is 2.22 bits per heavy atom. The molecule has 2 aromatic heterocycles. The molecule has 18 heavy (non-hydrogen) atoms. The molecule has 0 atom stereocenters. The van der Waals surface area contributed by atoms with Crippen LogP contribution in [0.2, 0.25) is 0 Å². The number of pyridine rings is 1. The average molecular weight is 264 g/mol. The van der Waals surface area contributed by atoms with E-state index in [1.165, 1.54) is 4.57 Å². The highest BCUT2D eigenvalue weighted by atomic mass is 32.1. The normalized spacial score (nSPS) is 10.6. The summed E-state index contributed by atoms with van der Waals surface area (Å²) in [5.41, 5.74) is 1.06. The van der Waals surface area contributed by atoms with Crippen LogP contribution in [-0.4, -0.2) is 20.6 Å². The number of hydrogen-bond donors (Lipinski definition) is 1. The van der Waals surface area contributed by atoms with E-state index >= 15 is 0 Å². The first-order valence-corrected chi connectivity index (χ1v) is 6.16. The highest BCUT2D eigenvalue weighted by Gasteiger charge is 2.14. The maximum absolute atomic E-state index is 11.8. The number of hydrogen-bond acceptors (Lipinski definition) is 4. The van der Waals surface area contributed by atoms with E-state index in [2.05, 4.69) is 4.98 Å². The quantitative estimate of drug-likeness (QED) is 0.915. The second-order valence-electron chi connectivity index (χ2n) is 3.95. The van der Waals surface area contributed by atoms with Gasteiger partial charge in [-0.1, -0.05) is 6.07 Å². The van der Waals surface area contributed by atoms with Gasteiger partial charge in [0.05, 0.1) is 12.2 Å². The number of carboxylic acids is 1. The first kappa shape index (κ1) is 12.5. The van der Waals surface area contributed by atoms with Gasteiger partial charge in [-0.25, -0.2) is 9.78 Å². The summed E-state index contributed by atoms with van der Waals surface area (Å²) in [6, 6.07) is 3.53. The average Bonchev–Trinajstić information content (AvgIpc) is 2.66. The maximum atomic E-state index is 11.8. The third-order valence-corrected chi connectivity index (χ3v) is 3.68. The lowest BCUT2D eigenvalue weighted by Gasteiger charge is -2.03. The summed E-state index contributed by atoms with van der Waals surface area (Å²) < 4.78 is 1.53. The van der Waals surface area contributed by atoms with E-state index in [0.717, 1.165) is 11.3 Å². The van der Waals surface area contributed by atoms with Crippen LogP contribution >= 0.6 is 11.3 Å². The Labute approximate surface area is 107 Å². The molecule has 0 aromatic carbocycles. The number of carbonyl (C=O) groups is 1. The summed E-state index contributed by atoms with van der Waals surface area (Å²) in [7, 11) is 0. The van der Waals surface area contributed by atoms with E-state index in [1.807, 2.05) is 0 Å². The lowest BCUT2D eigenvalue weighted by Crippen LogP contribution is -2.21. The lowest BCUT2D eigenvalue weighted by molar-refractivity contribution is 0.0701. The van der Waals surface area contributed by atoms with Crippen LogP contribution in [-0.2, 0) is 6.54 Å². The van der Waals surface area contributed by atoms with Crippen LogP contribution in [0.1, 0.15) is 25.9 Å². The third kappa shape index (κ3) is 2.33.